The molecule has 1 fully saturated rings. The number of aryl methyl sites for hydroxylation is 1. The van der Waals surface area contributed by atoms with Crippen molar-refractivity contribution in [2.45, 2.75) is 32.6 Å². The fourth-order valence-corrected chi connectivity index (χ4v) is 3.45. The lowest BCUT2D eigenvalue weighted by molar-refractivity contribution is -0.120. The highest BCUT2D eigenvalue weighted by Crippen LogP contribution is 2.20. The topological polar surface area (TPSA) is 70.2 Å². The van der Waals surface area contributed by atoms with Gasteiger partial charge >= 0.3 is 0 Å². The standard InChI is InChI=1S/C20H25ClFN5O/c1-14-12-18(27-10-3-2-4-11-27)26-20(25-14)24-9-8-23-19(28)13-15-16(21)6-5-7-17(15)22/h5-7,12H,2-4,8-11,13H2,1H3,(H,23,28)(H,24,25,26). The quantitative estimate of drug-likeness (QED) is 0.691. The largest absolute Gasteiger partial charge is 0.356 e. The number of piperidine rings is 1. The monoisotopic (exact) mass is 405 g/mol. The summed E-state index contributed by atoms with van der Waals surface area (Å²) in [6.07, 6.45) is 3.54. The summed E-state index contributed by atoms with van der Waals surface area (Å²) in [4.78, 5) is 23.3. The molecule has 2 aromatic rings. The molecule has 1 amide bonds. The van der Waals surface area contributed by atoms with E-state index in [-0.39, 0.29) is 22.9 Å². The number of anilines is 2. The van der Waals surface area contributed by atoms with Gasteiger partial charge < -0.3 is 15.5 Å². The second kappa shape index (κ2) is 9.68. The molecule has 0 saturated carbocycles. The Kier molecular flexibility index (Phi) is 7.03. The normalized spacial score (nSPS) is 14.0. The van der Waals surface area contributed by atoms with E-state index in [0.717, 1.165) is 24.6 Å². The van der Waals surface area contributed by atoms with Crippen LogP contribution < -0.4 is 15.5 Å². The Hall–Kier alpha value is -2.41. The van der Waals surface area contributed by atoms with Crippen LogP contribution in [-0.2, 0) is 11.2 Å². The highest BCUT2D eigenvalue weighted by atomic mass is 35.5. The van der Waals surface area contributed by atoms with E-state index in [9.17, 15) is 9.18 Å². The minimum Gasteiger partial charge on any atom is -0.356 e. The minimum absolute atomic E-state index is 0.0917. The number of nitrogens with zero attached hydrogens (tertiary/aromatic N) is 3. The van der Waals surface area contributed by atoms with Crippen LogP contribution in [0.1, 0.15) is 30.5 Å². The van der Waals surface area contributed by atoms with Crippen molar-refractivity contribution in [1.82, 2.24) is 15.3 Å². The zero-order valence-corrected chi connectivity index (χ0v) is 16.7. The molecule has 0 spiro atoms. The molecule has 1 aliphatic rings. The Balaban J connectivity index is 1.48. The summed E-state index contributed by atoms with van der Waals surface area (Å²) < 4.78 is 13.8. The summed E-state index contributed by atoms with van der Waals surface area (Å²) in [6.45, 7) is 4.83. The summed E-state index contributed by atoms with van der Waals surface area (Å²) >= 11 is 5.96. The van der Waals surface area contributed by atoms with Crippen molar-refractivity contribution >= 4 is 29.3 Å². The number of hydrogen-bond donors (Lipinski definition) is 2. The van der Waals surface area contributed by atoms with Crippen molar-refractivity contribution in [3.05, 3.63) is 46.4 Å². The highest BCUT2D eigenvalue weighted by molar-refractivity contribution is 6.31. The molecule has 0 unspecified atom stereocenters. The number of rotatable bonds is 7. The van der Waals surface area contributed by atoms with E-state index < -0.39 is 5.82 Å². The third kappa shape index (κ3) is 5.55. The van der Waals surface area contributed by atoms with Crippen LogP contribution in [0.25, 0.3) is 0 Å². The van der Waals surface area contributed by atoms with Gasteiger partial charge in [0, 0.05) is 48.5 Å². The van der Waals surface area contributed by atoms with Crippen molar-refractivity contribution < 1.29 is 9.18 Å². The number of carbonyl (C=O) groups is 1. The first-order valence-electron chi connectivity index (χ1n) is 9.57. The van der Waals surface area contributed by atoms with E-state index in [1.165, 1.54) is 31.4 Å². The number of hydrogen-bond acceptors (Lipinski definition) is 5. The van der Waals surface area contributed by atoms with E-state index in [1.807, 2.05) is 13.0 Å². The molecule has 1 saturated heterocycles. The third-order valence-electron chi connectivity index (χ3n) is 4.65. The van der Waals surface area contributed by atoms with Gasteiger partial charge in [0.25, 0.3) is 0 Å². The van der Waals surface area contributed by atoms with Crippen molar-refractivity contribution in [3.8, 4) is 0 Å². The van der Waals surface area contributed by atoms with Gasteiger partial charge in [-0.3, -0.25) is 4.79 Å². The first kappa shape index (κ1) is 20.3. The minimum atomic E-state index is -0.473. The number of halogens is 2. The average molecular weight is 406 g/mol. The van der Waals surface area contributed by atoms with Crippen molar-refractivity contribution in [2.75, 3.05) is 36.4 Å². The average Bonchev–Trinajstić information content (AvgIpc) is 2.68. The summed E-state index contributed by atoms with van der Waals surface area (Å²) in [5.41, 5.74) is 1.11. The molecule has 2 heterocycles. The Labute approximate surface area is 169 Å². The van der Waals surface area contributed by atoms with Gasteiger partial charge in [0.2, 0.25) is 11.9 Å². The molecule has 1 aromatic carbocycles. The van der Waals surface area contributed by atoms with Crippen LogP contribution in [0.5, 0.6) is 0 Å². The first-order chi connectivity index (χ1) is 13.5. The molecule has 0 atom stereocenters. The lowest BCUT2D eigenvalue weighted by Gasteiger charge is -2.28. The maximum atomic E-state index is 13.8. The SMILES string of the molecule is Cc1cc(N2CCCCC2)nc(NCCNC(=O)Cc2c(F)cccc2Cl)n1. The van der Waals surface area contributed by atoms with E-state index >= 15 is 0 Å². The lowest BCUT2D eigenvalue weighted by Crippen LogP contribution is -2.31. The number of benzene rings is 1. The number of carbonyl (C=O) groups excluding carboxylic acids is 1. The molecule has 0 bridgehead atoms. The van der Waals surface area contributed by atoms with Gasteiger partial charge in [-0.2, -0.15) is 4.98 Å². The summed E-state index contributed by atoms with van der Waals surface area (Å²) in [6, 6.07) is 6.38. The maximum Gasteiger partial charge on any atom is 0.224 e. The van der Waals surface area contributed by atoms with Crippen LogP contribution in [0.4, 0.5) is 16.2 Å². The van der Waals surface area contributed by atoms with Crippen LogP contribution >= 0.6 is 11.6 Å². The number of amides is 1. The van der Waals surface area contributed by atoms with E-state index in [1.54, 1.807) is 6.07 Å². The predicted octanol–water partition coefficient (Wildman–Crippen LogP) is 3.34. The molecular weight excluding hydrogens is 381 g/mol. The van der Waals surface area contributed by atoms with Crippen LogP contribution in [0, 0.1) is 12.7 Å². The Morgan fingerprint density at radius 2 is 2.00 bits per heavy atom. The van der Waals surface area contributed by atoms with E-state index in [4.69, 9.17) is 11.6 Å². The molecule has 1 aromatic heterocycles. The Bertz CT molecular complexity index is 806. The Morgan fingerprint density at radius 3 is 2.75 bits per heavy atom. The van der Waals surface area contributed by atoms with Gasteiger partial charge in [0.15, 0.2) is 0 Å². The smallest absolute Gasteiger partial charge is 0.224 e. The molecule has 28 heavy (non-hydrogen) atoms. The summed E-state index contributed by atoms with van der Waals surface area (Å²) in [7, 11) is 0. The van der Waals surface area contributed by atoms with Gasteiger partial charge in [0.1, 0.15) is 11.6 Å². The van der Waals surface area contributed by atoms with Crippen molar-refractivity contribution in [3.63, 3.8) is 0 Å². The van der Waals surface area contributed by atoms with Gasteiger partial charge in [-0.25, -0.2) is 9.37 Å². The van der Waals surface area contributed by atoms with E-state index in [0.29, 0.717) is 19.0 Å². The predicted molar refractivity (Wildman–Crippen MR) is 109 cm³/mol. The van der Waals surface area contributed by atoms with Crippen molar-refractivity contribution in [1.29, 1.82) is 0 Å². The highest BCUT2D eigenvalue weighted by Gasteiger charge is 2.14. The second-order valence-corrected chi connectivity index (χ2v) is 7.30. The molecule has 8 heteroatoms. The lowest BCUT2D eigenvalue weighted by atomic mass is 10.1. The number of aromatic nitrogens is 2. The van der Waals surface area contributed by atoms with Gasteiger partial charge in [-0.05, 0) is 38.3 Å². The molecule has 0 radical (unpaired) electrons. The molecule has 3 rings (SSSR count). The van der Waals surface area contributed by atoms with Crippen LogP contribution in [0.15, 0.2) is 24.3 Å². The molecule has 6 nitrogen and oxygen atoms in total. The van der Waals surface area contributed by atoms with Crippen LogP contribution in [0.2, 0.25) is 5.02 Å². The molecule has 1 aliphatic heterocycles. The zero-order chi connectivity index (χ0) is 19.9. The van der Waals surface area contributed by atoms with Crippen LogP contribution in [0.3, 0.4) is 0 Å². The van der Waals surface area contributed by atoms with E-state index in [2.05, 4.69) is 25.5 Å². The first-order valence-corrected chi connectivity index (χ1v) is 9.95. The molecule has 0 aliphatic carbocycles. The summed E-state index contributed by atoms with van der Waals surface area (Å²) in [5.74, 6) is 0.729. The number of nitrogens with one attached hydrogen (secondary N) is 2. The second-order valence-electron chi connectivity index (χ2n) is 6.89. The van der Waals surface area contributed by atoms with Gasteiger partial charge in [-0.1, -0.05) is 17.7 Å². The fourth-order valence-electron chi connectivity index (χ4n) is 3.22. The zero-order valence-electron chi connectivity index (χ0n) is 16.0. The van der Waals surface area contributed by atoms with Gasteiger partial charge in [-0.15, -0.1) is 0 Å². The van der Waals surface area contributed by atoms with Gasteiger partial charge in [0.05, 0.1) is 6.42 Å². The fraction of sp³-hybridized carbons (Fsp3) is 0.450. The van der Waals surface area contributed by atoms with Crippen molar-refractivity contribution in [2.24, 2.45) is 0 Å². The van der Waals surface area contributed by atoms with Crippen LogP contribution in [-0.4, -0.2) is 42.1 Å². The molecular formula is C20H25ClFN5O. The third-order valence-corrected chi connectivity index (χ3v) is 5.00. The maximum absolute atomic E-state index is 13.8. The molecule has 2 N–H and O–H groups in total. The Morgan fingerprint density at radius 1 is 1.21 bits per heavy atom. The molecule has 150 valence electrons. The summed E-state index contributed by atoms with van der Waals surface area (Å²) in [5, 5.41) is 6.16.